The Bertz CT molecular complexity index is 1560. The minimum absolute atomic E-state index is 0.0233. The van der Waals surface area contributed by atoms with E-state index in [1.807, 2.05) is 0 Å². The molecular weight excluding hydrogens is 585 g/mol. The van der Waals surface area contributed by atoms with Crippen LogP contribution < -0.4 is 0 Å². The molecule has 0 aromatic heterocycles. The van der Waals surface area contributed by atoms with E-state index in [1.165, 1.54) is 131 Å². The molecule has 2 heteroatoms. The summed E-state index contributed by atoms with van der Waals surface area (Å²) in [6.45, 7) is 10.3. The molecule has 12 fully saturated rings. The van der Waals surface area contributed by atoms with Crippen LogP contribution in [0, 0.1) is 57.2 Å². The molecule has 0 saturated heterocycles. The van der Waals surface area contributed by atoms with E-state index in [4.69, 9.17) is 0 Å². The normalized spacial score (nSPS) is 53.6. The van der Waals surface area contributed by atoms with Gasteiger partial charge in [-0.15, -0.1) is 0 Å². The molecular formula is C46H60O2. The van der Waals surface area contributed by atoms with Crippen LogP contribution in [0.4, 0.5) is 0 Å². The van der Waals surface area contributed by atoms with Crippen molar-refractivity contribution in [2.75, 3.05) is 0 Å². The van der Waals surface area contributed by atoms with E-state index in [0.717, 1.165) is 23.7 Å². The number of phenols is 2. The third-order valence-corrected chi connectivity index (χ3v) is 17.8. The molecule has 12 aliphatic rings. The van der Waals surface area contributed by atoms with Crippen molar-refractivity contribution in [3.8, 4) is 11.5 Å². The molecule has 14 rings (SSSR count). The van der Waals surface area contributed by atoms with Gasteiger partial charge in [0.25, 0.3) is 0 Å². The SMILES string of the molecule is CC12CC3CC(C)(C1)CC(c1cc(C4(c5ccc(O)c(C67CC8CC(C)(CC(C)(C8)C6)C7)c5)C5CC6CC(C5)CC4C6)ccc1O)(C3)C2. The summed E-state index contributed by atoms with van der Waals surface area (Å²) in [6.07, 6.45) is 22.7. The van der Waals surface area contributed by atoms with Gasteiger partial charge in [-0.3, -0.25) is 0 Å². The van der Waals surface area contributed by atoms with Crippen molar-refractivity contribution in [1.29, 1.82) is 0 Å². The molecule has 2 aromatic carbocycles. The fraction of sp³-hybridized carbons (Fsp3) is 0.739. The molecule has 0 heterocycles. The largest absolute Gasteiger partial charge is 0.508 e. The van der Waals surface area contributed by atoms with Crippen molar-refractivity contribution in [3.05, 3.63) is 58.7 Å². The lowest BCUT2D eigenvalue weighted by atomic mass is 9.38. The highest BCUT2D eigenvalue weighted by Gasteiger charge is 2.64. The van der Waals surface area contributed by atoms with E-state index in [0.29, 0.717) is 45.0 Å². The van der Waals surface area contributed by atoms with Gasteiger partial charge >= 0.3 is 0 Å². The Morgan fingerprint density at radius 3 is 1.19 bits per heavy atom. The van der Waals surface area contributed by atoms with Crippen molar-refractivity contribution >= 4 is 0 Å². The molecule has 4 unspecified atom stereocenters. The summed E-state index contributed by atoms with van der Waals surface area (Å²) >= 11 is 0. The zero-order valence-corrected chi connectivity index (χ0v) is 30.3. The predicted octanol–water partition coefficient (Wildman–Crippen LogP) is 11.3. The molecule has 12 bridgehead atoms. The first-order valence-electron chi connectivity index (χ1n) is 20.4. The van der Waals surface area contributed by atoms with Crippen LogP contribution in [0.2, 0.25) is 0 Å². The summed E-state index contributed by atoms with van der Waals surface area (Å²) in [5, 5.41) is 23.7. The van der Waals surface area contributed by atoms with Gasteiger partial charge in [-0.1, -0.05) is 52.0 Å². The van der Waals surface area contributed by atoms with Gasteiger partial charge in [0.2, 0.25) is 0 Å². The molecule has 12 saturated carbocycles. The fourth-order valence-corrected chi connectivity index (χ4v) is 19.0. The summed E-state index contributed by atoms with van der Waals surface area (Å²) in [5.41, 5.74) is 7.47. The van der Waals surface area contributed by atoms with Gasteiger partial charge in [-0.05, 0) is 190 Å². The van der Waals surface area contributed by atoms with E-state index >= 15 is 0 Å². The topological polar surface area (TPSA) is 40.5 Å². The molecule has 2 aromatic rings. The fourth-order valence-electron chi connectivity index (χ4n) is 19.0. The molecule has 0 radical (unpaired) electrons. The summed E-state index contributed by atoms with van der Waals surface area (Å²) in [7, 11) is 0. The summed E-state index contributed by atoms with van der Waals surface area (Å²) in [6, 6.07) is 14.3. The highest BCUT2D eigenvalue weighted by Crippen LogP contribution is 2.73. The first kappa shape index (κ1) is 29.7. The molecule has 4 atom stereocenters. The van der Waals surface area contributed by atoms with E-state index in [2.05, 4.69) is 64.1 Å². The Morgan fingerprint density at radius 2 is 0.833 bits per heavy atom. The third-order valence-electron chi connectivity index (χ3n) is 17.8. The van der Waals surface area contributed by atoms with Gasteiger partial charge in [-0.25, -0.2) is 0 Å². The zero-order valence-electron chi connectivity index (χ0n) is 30.3. The molecule has 0 amide bonds. The zero-order chi connectivity index (χ0) is 32.7. The molecule has 0 spiro atoms. The smallest absolute Gasteiger partial charge is 0.119 e. The summed E-state index contributed by atoms with van der Waals surface area (Å²) in [4.78, 5) is 0. The molecule has 2 N–H and O–H groups in total. The number of hydrogen-bond donors (Lipinski definition) is 2. The van der Waals surface area contributed by atoms with Gasteiger partial charge in [0.05, 0.1) is 0 Å². The molecule has 0 aliphatic heterocycles. The molecule has 2 nitrogen and oxygen atoms in total. The minimum Gasteiger partial charge on any atom is -0.508 e. The Kier molecular flexibility index (Phi) is 5.52. The van der Waals surface area contributed by atoms with E-state index in [1.54, 1.807) is 0 Å². The van der Waals surface area contributed by atoms with Crippen LogP contribution in [0.3, 0.4) is 0 Å². The van der Waals surface area contributed by atoms with Gasteiger partial charge in [-0.2, -0.15) is 0 Å². The van der Waals surface area contributed by atoms with Crippen LogP contribution in [-0.4, -0.2) is 10.2 Å². The van der Waals surface area contributed by atoms with Crippen molar-refractivity contribution in [2.45, 2.75) is 153 Å². The lowest BCUT2D eigenvalue weighted by Crippen LogP contribution is -2.58. The van der Waals surface area contributed by atoms with Crippen LogP contribution in [0.15, 0.2) is 36.4 Å². The Labute approximate surface area is 289 Å². The lowest BCUT2D eigenvalue weighted by molar-refractivity contribution is -0.110. The number of phenolic OH excluding ortho intramolecular Hbond substituents is 2. The summed E-state index contributed by atoms with van der Waals surface area (Å²) < 4.78 is 0. The molecule has 256 valence electrons. The Morgan fingerprint density at radius 1 is 0.458 bits per heavy atom. The molecule has 12 aliphatic carbocycles. The number of benzene rings is 2. The van der Waals surface area contributed by atoms with Gasteiger partial charge in [0, 0.05) is 27.4 Å². The van der Waals surface area contributed by atoms with Gasteiger partial charge in [0.15, 0.2) is 0 Å². The first-order chi connectivity index (χ1) is 22.7. The minimum atomic E-state index is -0.0233. The monoisotopic (exact) mass is 644 g/mol. The van der Waals surface area contributed by atoms with Gasteiger partial charge < -0.3 is 10.2 Å². The highest BCUT2D eigenvalue weighted by atomic mass is 16.3. The lowest BCUT2D eigenvalue weighted by Gasteiger charge is -2.66. The van der Waals surface area contributed by atoms with Crippen molar-refractivity contribution < 1.29 is 10.2 Å². The second kappa shape index (κ2) is 8.91. The first-order valence-corrected chi connectivity index (χ1v) is 20.4. The average Bonchev–Trinajstić information content (AvgIpc) is 2.94. The van der Waals surface area contributed by atoms with Crippen molar-refractivity contribution in [2.24, 2.45) is 57.2 Å². The van der Waals surface area contributed by atoms with Crippen LogP contribution in [0.25, 0.3) is 0 Å². The highest BCUT2D eigenvalue weighted by molar-refractivity contribution is 5.54. The Balaban J connectivity index is 1.09. The van der Waals surface area contributed by atoms with Crippen molar-refractivity contribution in [1.82, 2.24) is 0 Å². The number of rotatable bonds is 4. The van der Waals surface area contributed by atoms with Crippen LogP contribution in [0.5, 0.6) is 11.5 Å². The van der Waals surface area contributed by atoms with Crippen LogP contribution in [-0.2, 0) is 16.2 Å². The van der Waals surface area contributed by atoms with Crippen LogP contribution >= 0.6 is 0 Å². The van der Waals surface area contributed by atoms with E-state index < -0.39 is 0 Å². The standard InChI is InChI=1S/C46H60O2/c1-40-16-30-17-41(2,22-40)25-44(20-30,24-40)36-14-32(5-7-38(36)47)46(34-10-28-9-29(12-34)13-35(46)11-28)33-6-8-39(48)37(15-33)45-21-31-18-42(3,26-45)23-43(4,19-31)27-45/h5-8,14-15,28-31,34-35,47-48H,9-13,16-27H2,1-4H3. The average molecular weight is 645 g/mol. The predicted molar refractivity (Wildman–Crippen MR) is 192 cm³/mol. The van der Waals surface area contributed by atoms with Crippen LogP contribution in [0.1, 0.15) is 159 Å². The molecule has 48 heavy (non-hydrogen) atoms. The quantitative estimate of drug-likeness (QED) is 0.348. The number of aromatic hydroxyl groups is 2. The maximum Gasteiger partial charge on any atom is 0.119 e. The number of hydrogen-bond acceptors (Lipinski definition) is 2. The second-order valence-electron chi connectivity index (χ2n) is 22.5. The van der Waals surface area contributed by atoms with E-state index in [-0.39, 0.29) is 16.2 Å². The Hall–Kier alpha value is -1.96. The van der Waals surface area contributed by atoms with E-state index in [9.17, 15) is 10.2 Å². The van der Waals surface area contributed by atoms with Gasteiger partial charge in [0.1, 0.15) is 11.5 Å². The maximum atomic E-state index is 11.9. The third kappa shape index (κ3) is 3.83. The van der Waals surface area contributed by atoms with Crippen molar-refractivity contribution in [3.63, 3.8) is 0 Å². The summed E-state index contributed by atoms with van der Waals surface area (Å²) in [5.74, 6) is 5.82. The maximum absolute atomic E-state index is 11.9. The second-order valence-corrected chi connectivity index (χ2v) is 22.5.